The highest BCUT2D eigenvalue weighted by Gasteiger charge is 2.12. The molecule has 2 rings (SSSR count). The fourth-order valence-electron chi connectivity index (χ4n) is 1.69. The summed E-state index contributed by atoms with van der Waals surface area (Å²) >= 11 is 7.84. The normalized spacial score (nSPS) is 12.7. The maximum absolute atomic E-state index is 6.21. The van der Waals surface area contributed by atoms with Gasteiger partial charge >= 0.3 is 0 Å². The molecular weight excluding hydrogens is 252 g/mol. The van der Waals surface area contributed by atoms with E-state index in [0.29, 0.717) is 5.02 Å². The molecule has 0 aromatic carbocycles. The predicted molar refractivity (Wildman–Crippen MR) is 73.7 cm³/mol. The van der Waals surface area contributed by atoms with Crippen LogP contribution in [0.25, 0.3) is 0 Å². The van der Waals surface area contributed by atoms with Gasteiger partial charge in [-0.15, -0.1) is 11.3 Å². The van der Waals surface area contributed by atoms with Crippen LogP contribution in [0, 0.1) is 13.8 Å². The van der Waals surface area contributed by atoms with Crippen LogP contribution in [-0.2, 0) is 6.42 Å². The second-order valence-electron chi connectivity index (χ2n) is 4.17. The molecule has 90 valence electrons. The number of halogens is 1. The van der Waals surface area contributed by atoms with E-state index in [1.165, 1.54) is 15.3 Å². The zero-order chi connectivity index (χ0) is 12.4. The molecule has 0 fully saturated rings. The third-order valence-corrected chi connectivity index (χ3v) is 4.47. The summed E-state index contributed by atoms with van der Waals surface area (Å²) in [6.45, 7) is 4.23. The highest BCUT2D eigenvalue weighted by Crippen LogP contribution is 2.28. The summed E-state index contributed by atoms with van der Waals surface area (Å²) in [6, 6.07) is 4.10. The molecule has 0 aliphatic rings. The van der Waals surface area contributed by atoms with Crippen molar-refractivity contribution in [3.8, 4) is 0 Å². The maximum Gasteiger partial charge on any atom is 0.0622 e. The topological polar surface area (TPSA) is 38.9 Å². The Labute approximate surface area is 110 Å². The summed E-state index contributed by atoms with van der Waals surface area (Å²) in [7, 11) is 0. The number of nitrogens with zero attached hydrogens (tertiary/aromatic N) is 1. The van der Waals surface area contributed by atoms with Crippen molar-refractivity contribution in [2.45, 2.75) is 26.3 Å². The molecule has 0 radical (unpaired) electrons. The molecule has 1 atom stereocenters. The quantitative estimate of drug-likeness (QED) is 0.921. The Morgan fingerprint density at radius 1 is 1.47 bits per heavy atom. The van der Waals surface area contributed by atoms with E-state index in [2.05, 4.69) is 24.9 Å². The second kappa shape index (κ2) is 5.17. The molecule has 2 N–H and O–H groups in total. The van der Waals surface area contributed by atoms with Crippen LogP contribution in [0.5, 0.6) is 0 Å². The summed E-state index contributed by atoms with van der Waals surface area (Å²) in [5.41, 5.74) is 8.57. The molecule has 0 aliphatic carbocycles. The van der Waals surface area contributed by atoms with Crippen LogP contribution in [0.1, 0.15) is 26.9 Å². The first kappa shape index (κ1) is 12.6. The largest absolute Gasteiger partial charge is 0.323 e. The van der Waals surface area contributed by atoms with Crippen LogP contribution in [-0.4, -0.2) is 4.98 Å². The molecule has 0 aliphatic heterocycles. The summed E-state index contributed by atoms with van der Waals surface area (Å²) < 4.78 is 0. The van der Waals surface area contributed by atoms with E-state index in [4.69, 9.17) is 17.3 Å². The minimum Gasteiger partial charge on any atom is -0.323 e. The zero-order valence-electron chi connectivity index (χ0n) is 9.90. The lowest BCUT2D eigenvalue weighted by Gasteiger charge is -2.10. The molecule has 0 amide bonds. The lowest BCUT2D eigenvalue weighted by Crippen LogP contribution is -2.12. The molecule has 0 spiro atoms. The molecule has 2 nitrogen and oxygen atoms in total. The van der Waals surface area contributed by atoms with E-state index in [1.807, 2.05) is 6.07 Å². The molecule has 17 heavy (non-hydrogen) atoms. The van der Waals surface area contributed by atoms with Crippen molar-refractivity contribution < 1.29 is 0 Å². The first-order valence-corrected chi connectivity index (χ1v) is 6.68. The number of pyridine rings is 1. The average Bonchev–Trinajstić information content (AvgIpc) is 2.63. The third-order valence-electron chi connectivity index (χ3n) is 2.85. The van der Waals surface area contributed by atoms with Crippen molar-refractivity contribution in [1.29, 1.82) is 0 Å². The van der Waals surface area contributed by atoms with E-state index in [9.17, 15) is 0 Å². The zero-order valence-corrected chi connectivity index (χ0v) is 11.5. The Balaban J connectivity index is 2.17. The van der Waals surface area contributed by atoms with Crippen molar-refractivity contribution >= 4 is 22.9 Å². The Bertz CT molecular complexity index is 502. The van der Waals surface area contributed by atoms with Gasteiger partial charge in [0.25, 0.3) is 0 Å². The first-order chi connectivity index (χ1) is 8.08. The van der Waals surface area contributed by atoms with Crippen LogP contribution in [0.2, 0.25) is 5.02 Å². The van der Waals surface area contributed by atoms with Crippen molar-refractivity contribution in [3.05, 3.63) is 50.4 Å². The van der Waals surface area contributed by atoms with Gasteiger partial charge in [-0.25, -0.2) is 0 Å². The van der Waals surface area contributed by atoms with Crippen molar-refractivity contribution in [2.24, 2.45) is 5.73 Å². The number of aryl methyl sites for hydroxylation is 2. The van der Waals surface area contributed by atoms with Crippen LogP contribution < -0.4 is 5.73 Å². The number of hydrogen-bond acceptors (Lipinski definition) is 3. The van der Waals surface area contributed by atoms with Gasteiger partial charge in [0.2, 0.25) is 0 Å². The molecule has 2 heterocycles. The molecule has 1 unspecified atom stereocenters. The first-order valence-electron chi connectivity index (χ1n) is 5.49. The summed E-state index contributed by atoms with van der Waals surface area (Å²) in [5.74, 6) is 0. The lowest BCUT2D eigenvalue weighted by atomic mass is 10.1. The van der Waals surface area contributed by atoms with Gasteiger partial charge in [0, 0.05) is 28.2 Å². The number of thiophene rings is 1. The van der Waals surface area contributed by atoms with Gasteiger partial charge in [-0.05, 0) is 43.5 Å². The van der Waals surface area contributed by atoms with Gasteiger partial charge in [-0.1, -0.05) is 11.6 Å². The van der Waals surface area contributed by atoms with Gasteiger partial charge in [-0.2, -0.15) is 0 Å². The Morgan fingerprint density at radius 3 is 2.82 bits per heavy atom. The van der Waals surface area contributed by atoms with Crippen LogP contribution >= 0.6 is 22.9 Å². The summed E-state index contributed by atoms with van der Waals surface area (Å²) in [4.78, 5) is 6.52. The smallest absolute Gasteiger partial charge is 0.0622 e. The fraction of sp³-hybridized carbons (Fsp3) is 0.308. The summed E-state index contributed by atoms with van der Waals surface area (Å²) in [6.07, 6.45) is 4.16. The average molecular weight is 267 g/mol. The molecule has 2 aromatic heterocycles. The van der Waals surface area contributed by atoms with Crippen molar-refractivity contribution in [2.75, 3.05) is 0 Å². The van der Waals surface area contributed by atoms with Gasteiger partial charge in [0.1, 0.15) is 0 Å². The highest BCUT2D eigenvalue weighted by atomic mass is 35.5. The van der Waals surface area contributed by atoms with Crippen molar-refractivity contribution in [3.63, 3.8) is 0 Å². The standard InChI is InChI=1S/C13H15ClN2S/c1-8-5-13(17-9(8)2)12(15)6-10-3-4-16-7-11(10)14/h3-5,7,12H,6,15H2,1-2H3. The maximum atomic E-state index is 6.21. The van der Waals surface area contributed by atoms with Crippen LogP contribution in [0.4, 0.5) is 0 Å². The molecule has 0 saturated heterocycles. The van der Waals surface area contributed by atoms with Gasteiger partial charge in [0.05, 0.1) is 5.02 Å². The minimum atomic E-state index is 0.00676. The number of rotatable bonds is 3. The van der Waals surface area contributed by atoms with E-state index >= 15 is 0 Å². The van der Waals surface area contributed by atoms with E-state index in [0.717, 1.165) is 12.0 Å². The second-order valence-corrected chi connectivity index (χ2v) is 5.86. The monoisotopic (exact) mass is 266 g/mol. The van der Waals surface area contributed by atoms with Crippen LogP contribution in [0.3, 0.4) is 0 Å². The fourth-order valence-corrected chi connectivity index (χ4v) is 2.93. The molecule has 0 bridgehead atoms. The third kappa shape index (κ3) is 2.86. The van der Waals surface area contributed by atoms with Gasteiger partial charge < -0.3 is 5.73 Å². The van der Waals surface area contributed by atoms with Gasteiger partial charge in [0.15, 0.2) is 0 Å². The number of aromatic nitrogens is 1. The Kier molecular flexibility index (Phi) is 3.82. The summed E-state index contributed by atoms with van der Waals surface area (Å²) in [5, 5.41) is 0.688. The number of hydrogen-bond donors (Lipinski definition) is 1. The van der Waals surface area contributed by atoms with E-state index in [1.54, 1.807) is 23.7 Å². The number of nitrogens with two attached hydrogens (primary N) is 1. The highest BCUT2D eigenvalue weighted by molar-refractivity contribution is 7.12. The molecule has 2 aromatic rings. The van der Waals surface area contributed by atoms with E-state index < -0.39 is 0 Å². The molecule has 4 heteroatoms. The van der Waals surface area contributed by atoms with Crippen molar-refractivity contribution in [1.82, 2.24) is 4.98 Å². The molecular formula is C13H15ClN2S. The molecule has 0 saturated carbocycles. The van der Waals surface area contributed by atoms with Gasteiger partial charge in [-0.3, -0.25) is 4.98 Å². The minimum absolute atomic E-state index is 0.00676. The Morgan fingerprint density at radius 2 is 2.24 bits per heavy atom. The lowest BCUT2D eigenvalue weighted by molar-refractivity contribution is 0.735. The SMILES string of the molecule is Cc1cc(C(N)Cc2ccncc2Cl)sc1C. The Hall–Kier alpha value is -0.900. The predicted octanol–water partition coefficient (Wildman–Crippen LogP) is 3.66. The van der Waals surface area contributed by atoms with E-state index in [-0.39, 0.29) is 6.04 Å². The van der Waals surface area contributed by atoms with Crippen LogP contribution in [0.15, 0.2) is 24.5 Å².